The third-order valence-corrected chi connectivity index (χ3v) is 7.97. The van der Waals surface area contributed by atoms with E-state index in [1.807, 2.05) is 13.8 Å². The van der Waals surface area contributed by atoms with Crippen molar-refractivity contribution >= 4 is 39.7 Å². The number of hydrogen-bond donors (Lipinski definition) is 2. The smallest absolute Gasteiger partial charge is 0.341 e. The second kappa shape index (κ2) is 7.02. The van der Waals surface area contributed by atoms with E-state index in [-0.39, 0.29) is 16.2 Å². The van der Waals surface area contributed by atoms with Crippen LogP contribution >= 0.6 is 11.8 Å². The number of aromatic amines is 1. The summed E-state index contributed by atoms with van der Waals surface area (Å²) in [6.07, 6.45) is 1.71. The Morgan fingerprint density at radius 3 is 2.53 bits per heavy atom. The molecule has 0 aliphatic carbocycles. The number of imidazole rings is 1. The van der Waals surface area contributed by atoms with E-state index in [2.05, 4.69) is 15.3 Å². The monoisotopic (exact) mass is 450 g/mol. The van der Waals surface area contributed by atoms with Crippen LogP contribution < -0.4 is 5.32 Å². The van der Waals surface area contributed by atoms with Crippen LogP contribution in [0.3, 0.4) is 0 Å². The van der Waals surface area contributed by atoms with Gasteiger partial charge in [-0.1, -0.05) is 17.7 Å². The predicted molar refractivity (Wildman–Crippen MR) is 111 cm³/mol. The lowest BCUT2D eigenvalue weighted by Crippen LogP contribution is -2.68. The maximum Gasteiger partial charge on any atom is 0.346 e. The van der Waals surface area contributed by atoms with Crippen molar-refractivity contribution in [2.45, 2.75) is 54.8 Å². The molecule has 0 radical (unpaired) electrons. The number of hydrogen-bond acceptors (Lipinski definition) is 8. The molecule has 30 heavy (non-hydrogen) atoms. The Bertz CT molecular complexity index is 1110. The van der Waals surface area contributed by atoms with Gasteiger partial charge in [-0.25, -0.2) is 9.78 Å². The van der Waals surface area contributed by atoms with Crippen molar-refractivity contribution in [3.05, 3.63) is 41.7 Å². The quantitative estimate of drug-likeness (QED) is 0.522. The zero-order valence-electron chi connectivity index (χ0n) is 16.9. The lowest BCUT2D eigenvalue weighted by atomic mass is 9.96. The number of rotatable bonds is 5. The van der Waals surface area contributed by atoms with E-state index in [0.29, 0.717) is 5.95 Å². The van der Waals surface area contributed by atoms with Crippen LogP contribution in [0.15, 0.2) is 35.4 Å². The maximum atomic E-state index is 12.9. The standard InChI is InChI=1S/C19H22N4O5S2/c1-10-5-7-12(8-6-10)30(26,27)28-17(25)14-19(3,4)29-16-13(15(24)23(14)16)22-18-20-9-11(2)21-18/h5-9,13-14,16H,1-4H3,(H2,20,21,22). The molecule has 4 rings (SSSR count). The van der Waals surface area contributed by atoms with Crippen LogP contribution in [0.2, 0.25) is 0 Å². The zero-order chi connectivity index (χ0) is 21.8. The molecule has 2 fully saturated rings. The largest absolute Gasteiger partial charge is 0.346 e. The summed E-state index contributed by atoms with van der Waals surface area (Å²) in [5, 5.41) is 2.71. The fourth-order valence-electron chi connectivity index (χ4n) is 3.67. The average Bonchev–Trinajstić information content (AvgIpc) is 3.18. The number of thioether (sulfide) groups is 1. The van der Waals surface area contributed by atoms with Crippen molar-refractivity contribution < 1.29 is 22.2 Å². The first kappa shape index (κ1) is 20.7. The van der Waals surface area contributed by atoms with E-state index >= 15 is 0 Å². The van der Waals surface area contributed by atoms with Crippen molar-refractivity contribution in [2.75, 3.05) is 5.32 Å². The summed E-state index contributed by atoms with van der Waals surface area (Å²) in [6, 6.07) is 4.43. The molecule has 1 amide bonds. The number of nitrogens with one attached hydrogen (secondary N) is 2. The number of benzene rings is 1. The normalized spacial score (nSPS) is 24.9. The molecule has 3 atom stereocenters. The van der Waals surface area contributed by atoms with Gasteiger partial charge in [-0.15, -0.1) is 11.8 Å². The Morgan fingerprint density at radius 1 is 1.27 bits per heavy atom. The number of fused-ring (bicyclic) bond motifs is 1. The molecule has 2 N–H and O–H groups in total. The number of aryl methyl sites for hydroxylation is 2. The van der Waals surface area contributed by atoms with E-state index < -0.39 is 32.9 Å². The number of aromatic nitrogens is 2. The van der Waals surface area contributed by atoms with Gasteiger partial charge < -0.3 is 19.4 Å². The number of H-pyrrole nitrogens is 1. The second-order valence-corrected chi connectivity index (χ2v) is 11.3. The topological polar surface area (TPSA) is 121 Å². The molecular formula is C19H22N4O5S2. The summed E-state index contributed by atoms with van der Waals surface area (Å²) in [4.78, 5) is 34.1. The average molecular weight is 451 g/mol. The maximum absolute atomic E-state index is 12.9. The highest BCUT2D eigenvalue weighted by molar-refractivity contribution is 8.01. The van der Waals surface area contributed by atoms with E-state index in [1.54, 1.807) is 32.2 Å². The van der Waals surface area contributed by atoms with Gasteiger partial charge >= 0.3 is 16.1 Å². The molecule has 1 aromatic carbocycles. The summed E-state index contributed by atoms with van der Waals surface area (Å²) in [7, 11) is -4.28. The predicted octanol–water partition coefficient (Wildman–Crippen LogP) is 1.80. The van der Waals surface area contributed by atoms with Crippen LogP contribution in [0.25, 0.3) is 0 Å². The summed E-state index contributed by atoms with van der Waals surface area (Å²) in [5.41, 5.74) is 1.66. The Kier molecular flexibility index (Phi) is 4.85. The van der Waals surface area contributed by atoms with Gasteiger partial charge in [0.25, 0.3) is 0 Å². The molecule has 2 saturated heterocycles. The lowest BCUT2D eigenvalue weighted by molar-refractivity contribution is -0.156. The van der Waals surface area contributed by atoms with E-state index in [1.165, 1.54) is 28.8 Å². The number of nitrogens with zero attached hydrogens (tertiary/aromatic N) is 2. The first-order chi connectivity index (χ1) is 14.0. The van der Waals surface area contributed by atoms with Gasteiger partial charge in [0.15, 0.2) is 0 Å². The fourth-order valence-corrected chi connectivity index (χ4v) is 6.16. The van der Waals surface area contributed by atoms with Crippen LogP contribution in [0.1, 0.15) is 25.1 Å². The van der Waals surface area contributed by atoms with E-state index in [9.17, 15) is 18.0 Å². The summed E-state index contributed by atoms with van der Waals surface area (Å²) in [6.45, 7) is 7.24. The van der Waals surface area contributed by atoms with Crippen molar-refractivity contribution in [2.24, 2.45) is 0 Å². The number of amides is 1. The lowest BCUT2D eigenvalue weighted by Gasteiger charge is -2.43. The number of β-lactam (4-membered cyclic amide) rings is 1. The highest BCUT2D eigenvalue weighted by Gasteiger charge is 2.64. The van der Waals surface area contributed by atoms with Crippen LogP contribution in [0.4, 0.5) is 5.95 Å². The van der Waals surface area contributed by atoms with Gasteiger partial charge in [0, 0.05) is 10.9 Å². The minimum atomic E-state index is -4.28. The van der Waals surface area contributed by atoms with Crippen LogP contribution in [-0.2, 0) is 23.9 Å². The first-order valence-corrected chi connectivity index (χ1v) is 11.6. The van der Waals surface area contributed by atoms with Gasteiger partial charge in [0.1, 0.15) is 22.4 Å². The van der Waals surface area contributed by atoms with Gasteiger partial charge in [0.2, 0.25) is 11.9 Å². The second-order valence-electron chi connectivity index (χ2n) is 7.94. The minimum Gasteiger partial charge on any atom is -0.341 e. The summed E-state index contributed by atoms with van der Waals surface area (Å²) < 4.78 is 29.3. The van der Waals surface area contributed by atoms with E-state index in [0.717, 1.165) is 11.3 Å². The molecular weight excluding hydrogens is 428 g/mol. The SMILES string of the molecule is Cc1ccc(S(=O)(=O)OC(=O)C2N3C(=O)C(Nc4nc(C)c[nH]4)C3SC2(C)C)cc1. The van der Waals surface area contributed by atoms with Gasteiger partial charge in [0.05, 0.1) is 5.69 Å². The highest BCUT2D eigenvalue weighted by Crippen LogP contribution is 2.51. The van der Waals surface area contributed by atoms with E-state index in [4.69, 9.17) is 4.18 Å². The van der Waals surface area contributed by atoms with Crippen LogP contribution in [0.5, 0.6) is 0 Å². The molecule has 2 aliphatic rings. The molecule has 3 heterocycles. The highest BCUT2D eigenvalue weighted by atomic mass is 32.2. The Hall–Kier alpha value is -2.53. The molecule has 1 aromatic heterocycles. The minimum absolute atomic E-state index is 0.107. The van der Waals surface area contributed by atoms with Gasteiger partial charge in [-0.05, 0) is 39.8 Å². The molecule has 3 unspecified atom stereocenters. The summed E-state index contributed by atoms with van der Waals surface area (Å²) >= 11 is 1.42. The molecule has 0 bridgehead atoms. The molecule has 9 nitrogen and oxygen atoms in total. The third-order valence-electron chi connectivity index (χ3n) is 5.16. The van der Waals surface area contributed by atoms with Gasteiger partial charge in [-0.2, -0.15) is 8.42 Å². The summed E-state index contributed by atoms with van der Waals surface area (Å²) in [5.74, 6) is -0.796. The van der Waals surface area contributed by atoms with Crippen LogP contribution in [0, 0.1) is 13.8 Å². The molecule has 2 aliphatic heterocycles. The Labute approximate surface area is 178 Å². The van der Waals surface area contributed by atoms with Crippen LogP contribution in [-0.4, -0.2) is 57.4 Å². The zero-order valence-corrected chi connectivity index (χ0v) is 18.5. The molecule has 2 aromatic rings. The molecule has 0 spiro atoms. The molecule has 0 saturated carbocycles. The van der Waals surface area contributed by atoms with Crippen molar-refractivity contribution in [1.29, 1.82) is 0 Å². The van der Waals surface area contributed by atoms with Crippen molar-refractivity contribution in [3.63, 3.8) is 0 Å². The van der Waals surface area contributed by atoms with Crippen molar-refractivity contribution in [3.8, 4) is 0 Å². The first-order valence-electron chi connectivity index (χ1n) is 9.33. The van der Waals surface area contributed by atoms with Crippen molar-refractivity contribution in [1.82, 2.24) is 14.9 Å². The third kappa shape index (κ3) is 3.45. The molecule has 160 valence electrons. The Morgan fingerprint density at radius 2 is 1.93 bits per heavy atom. The fraction of sp³-hybridized carbons (Fsp3) is 0.421. The number of carbonyl (C=O) groups excluding carboxylic acids is 2. The van der Waals surface area contributed by atoms with Gasteiger partial charge in [-0.3, -0.25) is 4.79 Å². The number of carbonyl (C=O) groups is 2. The Balaban J connectivity index is 1.52. The number of anilines is 1. The molecule has 11 heteroatoms.